The van der Waals surface area contributed by atoms with E-state index < -0.39 is 0 Å². The number of H-pyrrole nitrogens is 1. The molecule has 0 radical (unpaired) electrons. The summed E-state index contributed by atoms with van der Waals surface area (Å²) in [6.07, 6.45) is 3.18. The Morgan fingerprint density at radius 2 is 1.82 bits per heavy atom. The number of aromatic nitrogens is 2. The van der Waals surface area contributed by atoms with Crippen LogP contribution in [0.2, 0.25) is 5.02 Å². The van der Waals surface area contributed by atoms with Crippen molar-refractivity contribution in [2.45, 2.75) is 51.2 Å². The van der Waals surface area contributed by atoms with Crippen LogP contribution in [0.4, 0.5) is 5.69 Å². The number of ether oxygens (including phenoxy) is 1. The van der Waals surface area contributed by atoms with Gasteiger partial charge in [0.2, 0.25) is 0 Å². The second-order valence-electron chi connectivity index (χ2n) is 10.9. The van der Waals surface area contributed by atoms with Gasteiger partial charge in [-0.25, -0.2) is 0 Å². The molecule has 3 aromatic carbocycles. The Kier molecular flexibility index (Phi) is 6.85. The van der Waals surface area contributed by atoms with Crippen molar-refractivity contribution in [3.05, 3.63) is 82.9 Å². The Hall–Kier alpha value is -3.35. The Morgan fingerprint density at radius 1 is 1.08 bits per heavy atom. The van der Waals surface area contributed by atoms with Crippen LogP contribution < -0.4 is 10.2 Å². The highest BCUT2D eigenvalue weighted by Crippen LogP contribution is 2.36. The van der Waals surface area contributed by atoms with Gasteiger partial charge < -0.3 is 15.0 Å². The van der Waals surface area contributed by atoms with E-state index in [9.17, 15) is 4.79 Å². The summed E-state index contributed by atoms with van der Waals surface area (Å²) >= 11 is 6.49. The van der Waals surface area contributed by atoms with Crippen molar-refractivity contribution < 1.29 is 9.53 Å². The molecule has 2 N–H and O–H groups in total. The van der Waals surface area contributed by atoms with Gasteiger partial charge in [-0.15, -0.1) is 0 Å². The van der Waals surface area contributed by atoms with Crippen LogP contribution in [0.3, 0.4) is 0 Å². The molecule has 0 saturated carbocycles. The summed E-state index contributed by atoms with van der Waals surface area (Å²) in [7, 11) is 0. The molecule has 2 fully saturated rings. The highest BCUT2D eigenvalue weighted by Gasteiger charge is 2.37. The third kappa shape index (κ3) is 4.79. The molecule has 1 amide bonds. The fourth-order valence-electron chi connectivity index (χ4n) is 5.95. The number of nitrogens with zero attached hydrogens (tertiary/aromatic N) is 2. The number of anilines is 1. The number of nitrogens with one attached hydrogen (secondary N) is 2. The molecule has 1 aromatic heterocycles. The lowest BCUT2D eigenvalue weighted by atomic mass is 9.96. The molecule has 7 heteroatoms. The minimum absolute atomic E-state index is 0.122. The second-order valence-corrected chi connectivity index (χ2v) is 11.3. The highest BCUT2D eigenvalue weighted by atomic mass is 35.5. The van der Waals surface area contributed by atoms with Crippen LogP contribution >= 0.6 is 11.6 Å². The first-order chi connectivity index (χ1) is 18.5. The van der Waals surface area contributed by atoms with Crippen LogP contribution in [0.15, 0.2) is 66.7 Å². The van der Waals surface area contributed by atoms with E-state index in [1.165, 1.54) is 18.5 Å². The van der Waals surface area contributed by atoms with Crippen molar-refractivity contribution >= 4 is 34.1 Å². The molecule has 2 bridgehead atoms. The van der Waals surface area contributed by atoms with Crippen molar-refractivity contribution in [1.82, 2.24) is 15.5 Å². The van der Waals surface area contributed by atoms with Gasteiger partial charge in [-0.1, -0.05) is 55.8 Å². The third-order valence-electron chi connectivity index (χ3n) is 7.80. The van der Waals surface area contributed by atoms with Crippen molar-refractivity contribution in [2.24, 2.45) is 5.92 Å². The molecule has 0 spiro atoms. The van der Waals surface area contributed by atoms with Crippen LogP contribution in [0.25, 0.3) is 22.2 Å². The lowest BCUT2D eigenvalue weighted by Crippen LogP contribution is -2.45. The smallest absolute Gasteiger partial charge is 0.251 e. The summed E-state index contributed by atoms with van der Waals surface area (Å²) in [5, 5.41) is 12.5. The lowest BCUT2D eigenvalue weighted by molar-refractivity contribution is 0.0906. The van der Waals surface area contributed by atoms with Crippen LogP contribution in [0.5, 0.6) is 0 Å². The largest absolute Gasteiger partial charge is 0.377 e. The van der Waals surface area contributed by atoms with E-state index in [1.807, 2.05) is 42.5 Å². The predicted molar refractivity (Wildman–Crippen MR) is 153 cm³/mol. The molecule has 2 saturated heterocycles. The Labute approximate surface area is 228 Å². The maximum absolute atomic E-state index is 13.4. The summed E-state index contributed by atoms with van der Waals surface area (Å²) in [5.74, 6) is 0.276. The standard InChI is InChI=1S/C31H33ClN4O2/c1-19(2)15-29(25-5-3-4-6-27(25)32)33-31(37)21-9-14-28-26(16-21)30(35-34-28)20-7-10-22(11-8-20)36-23-12-13-24(36)18-38-17-23/h3-11,14,16,19,23-24,29H,12-13,15,17-18H2,1-2H3,(H,33,37)(H,34,35)/t23-,24+,29?. The van der Waals surface area contributed by atoms with Crippen molar-refractivity contribution in [1.29, 1.82) is 0 Å². The van der Waals surface area contributed by atoms with Crippen LogP contribution in [-0.4, -0.2) is 41.4 Å². The fourth-order valence-corrected chi connectivity index (χ4v) is 6.22. The van der Waals surface area contributed by atoms with E-state index in [0.29, 0.717) is 28.6 Å². The van der Waals surface area contributed by atoms with Gasteiger partial charge in [-0.3, -0.25) is 9.89 Å². The first kappa shape index (κ1) is 25.0. The summed E-state index contributed by atoms with van der Waals surface area (Å²) in [6.45, 7) is 5.91. The summed E-state index contributed by atoms with van der Waals surface area (Å²) in [5.41, 5.74) is 5.54. The number of fused-ring (bicyclic) bond motifs is 3. The number of benzene rings is 3. The normalized spacial score (nSPS) is 19.7. The van der Waals surface area contributed by atoms with E-state index in [2.05, 4.69) is 58.5 Å². The molecule has 1 unspecified atom stereocenters. The maximum atomic E-state index is 13.4. The number of carbonyl (C=O) groups excluding carboxylic acids is 1. The Morgan fingerprint density at radius 3 is 2.53 bits per heavy atom. The molecule has 4 aromatic rings. The SMILES string of the molecule is CC(C)CC(NC(=O)c1ccc2[nH]nc(-c3ccc(N4[C@@H]5CC[C@H]4COC5)cc3)c2c1)c1ccccc1Cl. The Balaban J connectivity index is 1.26. The quantitative estimate of drug-likeness (QED) is 0.278. The number of morpholine rings is 1. The van der Waals surface area contributed by atoms with Gasteiger partial charge in [-0.2, -0.15) is 5.10 Å². The first-order valence-corrected chi connectivity index (χ1v) is 13.9. The molecule has 38 heavy (non-hydrogen) atoms. The van der Waals surface area contributed by atoms with Gasteiger partial charge in [0.05, 0.1) is 42.5 Å². The van der Waals surface area contributed by atoms with Crippen LogP contribution in [0, 0.1) is 5.92 Å². The number of hydrogen-bond acceptors (Lipinski definition) is 4. The highest BCUT2D eigenvalue weighted by molar-refractivity contribution is 6.31. The zero-order valence-electron chi connectivity index (χ0n) is 21.8. The summed E-state index contributed by atoms with van der Waals surface area (Å²) in [4.78, 5) is 15.9. The third-order valence-corrected chi connectivity index (χ3v) is 8.14. The minimum atomic E-state index is -0.168. The monoisotopic (exact) mass is 528 g/mol. The van der Waals surface area contributed by atoms with Crippen molar-refractivity contribution in [3.63, 3.8) is 0 Å². The van der Waals surface area contributed by atoms with E-state index in [4.69, 9.17) is 16.3 Å². The fraction of sp³-hybridized carbons (Fsp3) is 0.355. The van der Waals surface area contributed by atoms with Crippen LogP contribution in [-0.2, 0) is 4.74 Å². The minimum Gasteiger partial charge on any atom is -0.377 e. The average molecular weight is 529 g/mol. The van der Waals surface area contributed by atoms with Gasteiger partial charge in [-0.05, 0) is 67.1 Å². The summed E-state index contributed by atoms with van der Waals surface area (Å²) in [6, 6.07) is 22.8. The number of carbonyl (C=O) groups is 1. The van der Waals surface area contributed by atoms with Gasteiger partial charge in [0.25, 0.3) is 5.91 Å². The van der Waals surface area contributed by atoms with E-state index in [1.54, 1.807) is 0 Å². The van der Waals surface area contributed by atoms with E-state index in [-0.39, 0.29) is 11.9 Å². The van der Waals surface area contributed by atoms with E-state index in [0.717, 1.165) is 47.4 Å². The van der Waals surface area contributed by atoms with Gasteiger partial charge >= 0.3 is 0 Å². The lowest BCUT2D eigenvalue weighted by Gasteiger charge is -2.36. The first-order valence-electron chi connectivity index (χ1n) is 13.5. The molecular weight excluding hydrogens is 496 g/mol. The molecule has 2 aliphatic heterocycles. The molecule has 6 rings (SSSR count). The second kappa shape index (κ2) is 10.4. The molecule has 2 aliphatic rings. The zero-order chi connectivity index (χ0) is 26.2. The summed E-state index contributed by atoms with van der Waals surface area (Å²) < 4.78 is 5.75. The molecular formula is C31H33ClN4O2. The molecule has 196 valence electrons. The number of amides is 1. The molecule has 6 nitrogen and oxygen atoms in total. The molecule has 3 heterocycles. The van der Waals surface area contributed by atoms with Gasteiger partial charge in [0.1, 0.15) is 0 Å². The van der Waals surface area contributed by atoms with Crippen molar-refractivity contribution in [2.75, 3.05) is 18.1 Å². The molecule has 3 atom stereocenters. The van der Waals surface area contributed by atoms with Gasteiger partial charge in [0, 0.05) is 27.2 Å². The number of halogens is 1. The van der Waals surface area contributed by atoms with E-state index >= 15 is 0 Å². The number of hydrogen-bond donors (Lipinski definition) is 2. The predicted octanol–water partition coefficient (Wildman–Crippen LogP) is 6.77. The number of aromatic amines is 1. The number of rotatable bonds is 7. The molecule has 0 aliphatic carbocycles. The zero-order valence-corrected chi connectivity index (χ0v) is 22.5. The maximum Gasteiger partial charge on any atom is 0.251 e. The van der Waals surface area contributed by atoms with Gasteiger partial charge in [0.15, 0.2) is 0 Å². The topological polar surface area (TPSA) is 70.2 Å². The average Bonchev–Trinajstić information content (AvgIpc) is 3.45. The Bertz CT molecular complexity index is 1430. The van der Waals surface area contributed by atoms with Crippen LogP contribution in [0.1, 0.15) is 55.1 Å². The van der Waals surface area contributed by atoms with Crippen molar-refractivity contribution in [3.8, 4) is 11.3 Å².